The Morgan fingerprint density at radius 3 is 2.55 bits per heavy atom. The van der Waals surface area contributed by atoms with E-state index in [0.717, 1.165) is 51.4 Å². The number of fused-ring (bicyclic) bond motifs is 1. The Balaban J connectivity index is 1.38. The number of anilines is 3. The van der Waals surface area contributed by atoms with Gasteiger partial charge in [0.25, 0.3) is 0 Å². The summed E-state index contributed by atoms with van der Waals surface area (Å²) in [4.78, 5) is 17.2. The molecule has 2 aromatic carbocycles. The molecule has 29 heavy (non-hydrogen) atoms. The zero-order chi connectivity index (χ0) is 20.2. The third-order valence-electron chi connectivity index (χ3n) is 5.85. The van der Waals surface area contributed by atoms with Crippen molar-refractivity contribution < 1.29 is 9.53 Å². The van der Waals surface area contributed by atoms with E-state index in [1.165, 1.54) is 22.5 Å². The minimum absolute atomic E-state index is 0.0323. The van der Waals surface area contributed by atoms with Gasteiger partial charge in [-0.3, -0.25) is 4.79 Å². The monoisotopic (exact) mass is 393 g/mol. The van der Waals surface area contributed by atoms with E-state index in [-0.39, 0.29) is 5.91 Å². The van der Waals surface area contributed by atoms with Crippen molar-refractivity contribution in [2.75, 3.05) is 54.5 Å². The van der Waals surface area contributed by atoms with Crippen molar-refractivity contribution >= 4 is 23.0 Å². The van der Waals surface area contributed by atoms with Crippen LogP contribution < -0.4 is 15.1 Å². The van der Waals surface area contributed by atoms with Crippen LogP contribution >= 0.6 is 0 Å². The van der Waals surface area contributed by atoms with Gasteiger partial charge >= 0.3 is 0 Å². The number of nitrogens with zero attached hydrogens (tertiary/aromatic N) is 2. The van der Waals surface area contributed by atoms with Gasteiger partial charge in [0, 0.05) is 36.7 Å². The Morgan fingerprint density at radius 1 is 1.07 bits per heavy atom. The number of carbonyl (C=O) groups excluding carboxylic acids is 1. The maximum Gasteiger partial charge on any atom is 0.243 e. The summed E-state index contributed by atoms with van der Waals surface area (Å²) in [7, 11) is 0. The maximum atomic E-state index is 12.7. The number of hydrogen-bond acceptors (Lipinski definition) is 4. The Kier molecular flexibility index (Phi) is 6.05. The molecule has 0 radical (unpaired) electrons. The molecule has 1 N–H and O–H groups in total. The zero-order valence-corrected chi connectivity index (χ0v) is 17.5. The zero-order valence-electron chi connectivity index (χ0n) is 17.5. The highest BCUT2D eigenvalue weighted by atomic mass is 16.5. The van der Waals surface area contributed by atoms with Crippen molar-refractivity contribution in [3.63, 3.8) is 0 Å². The summed E-state index contributed by atoms with van der Waals surface area (Å²) in [6.45, 7) is 9.14. The summed E-state index contributed by atoms with van der Waals surface area (Å²) in [6.07, 6.45) is 2.19. The molecule has 154 valence electrons. The highest BCUT2D eigenvalue weighted by Gasteiger charge is 2.20. The van der Waals surface area contributed by atoms with E-state index < -0.39 is 0 Å². The van der Waals surface area contributed by atoms with Crippen LogP contribution in [0.1, 0.15) is 37.3 Å². The lowest BCUT2D eigenvalue weighted by molar-refractivity contribution is -0.115. The number of carbonyl (C=O) groups is 1. The second kappa shape index (κ2) is 8.87. The van der Waals surface area contributed by atoms with Gasteiger partial charge < -0.3 is 19.9 Å². The third-order valence-corrected chi connectivity index (χ3v) is 5.85. The number of amides is 1. The molecule has 0 saturated carbocycles. The lowest BCUT2D eigenvalue weighted by Crippen LogP contribution is -2.37. The second-order valence-corrected chi connectivity index (χ2v) is 8.26. The van der Waals surface area contributed by atoms with E-state index in [2.05, 4.69) is 59.3 Å². The van der Waals surface area contributed by atoms with Crippen LogP contribution in [0.15, 0.2) is 42.5 Å². The Labute approximate surface area is 173 Å². The van der Waals surface area contributed by atoms with Crippen LogP contribution in [-0.2, 0) is 16.0 Å². The van der Waals surface area contributed by atoms with Crippen molar-refractivity contribution in [2.24, 2.45) is 0 Å². The fraction of sp³-hybridized carbons (Fsp3) is 0.458. The fourth-order valence-corrected chi connectivity index (χ4v) is 4.17. The molecule has 2 aromatic rings. The summed E-state index contributed by atoms with van der Waals surface area (Å²) < 4.78 is 5.41. The molecule has 5 nitrogen and oxygen atoms in total. The van der Waals surface area contributed by atoms with E-state index in [9.17, 15) is 4.79 Å². The number of ether oxygens (including phenoxy) is 1. The molecule has 4 rings (SSSR count). The summed E-state index contributed by atoms with van der Waals surface area (Å²) in [5.41, 5.74) is 5.97. The minimum atomic E-state index is 0.0323. The van der Waals surface area contributed by atoms with Gasteiger partial charge in [0.2, 0.25) is 5.91 Å². The molecule has 1 fully saturated rings. The standard InChI is InChI=1S/C24H31N3O2/c1-18(2)19-5-10-23-20(16-19)4-3-11-27(23)17-24(28)25-21-6-8-22(9-7-21)26-12-14-29-15-13-26/h5-10,16,18H,3-4,11-15,17H2,1-2H3,(H,25,28). The number of benzene rings is 2. The number of nitrogens with one attached hydrogen (secondary N) is 1. The molecule has 2 heterocycles. The van der Waals surface area contributed by atoms with Gasteiger partial charge in [0.05, 0.1) is 19.8 Å². The molecule has 0 atom stereocenters. The quantitative estimate of drug-likeness (QED) is 0.833. The van der Waals surface area contributed by atoms with Crippen molar-refractivity contribution in [1.29, 1.82) is 0 Å². The minimum Gasteiger partial charge on any atom is -0.378 e. The molecule has 1 saturated heterocycles. The molecule has 5 heteroatoms. The number of hydrogen-bond donors (Lipinski definition) is 1. The van der Waals surface area contributed by atoms with Crippen LogP contribution in [0.4, 0.5) is 17.1 Å². The van der Waals surface area contributed by atoms with Crippen LogP contribution in [0, 0.1) is 0 Å². The van der Waals surface area contributed by atoms with Crippen LogP contribution in [0.3, 0.4) is 0 Å². The van der Waals surface area contributed by atoms with Crippen molar-refractivity contribution in [3.05, 3.63) is 53.6 Å². The van der Waals surface area contributed by atoms with Crippen LogP contribution in [0.2, 0.25) is 0 Å². The average Bonchev–Trinajstić information content (AvgIpc) is 2.74. The molecule has 0 unspecified atom stereocenters. The van der Waals surface area contributed by atoms with Gasteiger partial charge in [-0.15, -0.1) is 0 Å². The highest BCUT2D eigenvalue weighted by molar-refractivity contribution is 5.94. The smallest absolute Gasteiger partial charge is 0.243 e. The highest BCUT2D eigenvalue weighted by Crippen LogP contribution is 2.30. The fourth-order valence-electron chi connectivity index (χ4n) is 4.17. The lowest BCUT2D eigenvalue weighted by atomic mass is 9.95. The van der Waals surface area contributed by atoms with E-state index in [1.807, 2.05) is 12.1 Å². The van der Waals surface area contributed by atoms with Crippen LogP contribution in [0.5, 0.6) is 0 Å². The SMILES string of the molecule is CC(C)c1ccc2c(c1)CCCN2CC(=O)Nc1ccc(N2CCOCC2)cc1. The molecule has 0 aliphatic carbocycles. The predicted molar refractivity (Wildman–Crippen MR) is 119 cm³/mol. The molecular formula is C24H31N3O2. The molecule has 0 bridgehead atoms. The van der Waals surface area contributed by atoms with E-state index in [0.29, 0.717) is 12.5 Å². The van der Waals surface area contributed by atoms with E-state index in [1.54, 1.807) is 0 Å². The first kappa shape index (κ1) is 19.8. The maximum absolute atomic E-state index is 12.7. The van der Waals surface area contributed by atoms with E-state index >= 15 is 0 Å². The predicted octanol–water partition coefficient (Wildman–Crippen LogP) is 4.04. The summed E-state index contributed by atoms with van der Waals surface area (Å²) in [5, 5.41) is 3.06. The summed E-state index contributed by atoms with van der Waals surface area (Å²) >= 11 is 0. The molecular weight excluding hydrogens is 362 g/mol. The largest absolute Gasteiger partial charge is 0.378 e. The average molecular weight is 394 g/mol. The lowest BCUT2D eigenvalue weighted by Gasteiger charge is -2.31. The van der Waals surface area contributed by atoms with Crippen LogP contribution in [-0.4, -0.2) is 45.3 Å². The first-order valence-electron chi connectivity index (χ1n) is 10.7. The van der Waals surface area contributed by atoms with Gasteiger partial charge in [-0.1, -0.05) is 26.0 Å². The van der Waals surface area contributed by atoms with Crippen molar-refractivity contribution in [2.45, 2.75) is 32.6 Å². The molecule has 1 amide bonds. The van der Waals surface area contributed by atoms with Gasteiger partial charge in [0.15, 0.2) is 0 Å². The molecule has 0 aromatic heterocycles. The first-order chi connectivity index (χ1) is 14.1. The first-order valence-corrected chi connectivity index (χ1v) is 10.7. The number of morpholine rings is 1. The van der Waals surface area contributed by atoms with Crippen molar-refractivity contribution in [3.8, 4) is 0 Å². The third kappa shape index (κ3) is 4.73. The molecule has 2 aliphatic heterocycles. The normalized spacial score (nSPS) is 16.7. The Bertz CT molecular complexity index is 842. The Morgan fingerprint density at radius 2 is 1.83 bits per heavy atom. The topological polar surface area (TPSA) is 44.8 Å². The Hall–Kier alpha value is -2.53. The van der Waals surface area contributed by atoms with Gasteiger partial charge in [-0.05, 0) is 60.2 Å². The van der Waals surface area contributed by atoms with Crippen LogP contribution in [0.25, 0.3) is 0 Å². The van der Waals surface area contributed by atoms with E-state index in [4.69, 9.17) is 4.74 Å². The van der Waals surface area contributed by atoms with Crippen molar-refractivity contribution in [1.82, 2.24) is 0 Å². The summed E-state index contributed by atoms with van der Waals surface area (Å²) in [5.74, 6) is 0.560. The molecule has 2 aliphatic rings. The number of aryl methyl sites for hydroxylation is 1. The summed E-state index contributed by atoms with van der Waals surface area (Å²) in [6, 6.07) is 14.8. The number of rotatable bonds is 5. The van der Waals surface area contributed by atoms with Gasteiger partial charge in [0.1, 0.15) is 0 Å². The van der Waals surface area contributed by atoms with Gasteiger partial charge in [-0.2, -0.15) is 0 Å². The second-order valence-electron chi connectivity index (χ2n) is 8.26. The molecule has 0 spiro atoms. The van der Waals surface area contributed by atoms with Gasteiger partial charge in [-0.25, -0.2) is 0 Å².